The van der Waals surface area contributed by atoms with E-state index in [0.717, 1.165) is 0 Å². The SMILES string of the molecule is CC(C)Oc1ccc2nc(C(F)F)cc(Cl)c2c1. The van der Waals surface area contributed by atoms with Crippen molar-refractivity contribution in [1.82, 2.24) is 4.98 Å². The molecule has 5 heteroatoms. The minimum Gasteiger partial charge on any atom is -0.491 e. The third-order valence-corrected chi connectivity index (χ3v) is 2.66. The Bertz CT molecular complexity index is 572. The zero-order chi connectivity index (χ0) is 13.3. The molecule has 0 N–H and O–H groups in total. The Balaban J connectivity index is 2.51. The molecule has 1 aromatic carbocycles. The fourth-order valence-electron chi connectivity index (χ4n) is 1.64. The molecule has 2 aromatic rings. The standard InChI is InChI=1S/C13H12ClF2NO/c1-7(2)18-8-3-4-11-9(5-8)10(14)6-12(17-11)13(15)16/h3-7,13H,1-2H3. The lowest BCUT2D eigenvalue weighted by atomic mass is 10.2. The van der Waals surface area contributed by atoms with Crippen molar-refractivity contribution in [3.63, 3.8) is 0 Å². The number of pyridine rings is 1. The molecule has 0 aliphatic carbocycles. The molecule has 0 radical (unpaired) electrons. The average molecular weight is 272 g/mol. The Kier molecular flexibility index (Phi) is 3.66. The van der Waals surface area contributed by atoms with E-state index in [1.54, 1.807) is 18.2 Å². The highest BCUT2D eigenvalue weighted by molar-refractivity contribution is 6.35. The third-order valence-electron chi connectivity index (χ3n) is 2.34. The van der Waals surface area contributed by atoms with Crippen molar-refractivity contribution in [1.29, 1.82) is 0 Å². The van der Waals surface area contributed by atoms with Gasteiger partial charge in [-0.3, -0.25) is 0 Å². The molecule has 1 aromatic heterocycles. The minimum absolute atomic E-state index is 0.0366. The van der Waals surface area contributed by atoms with Gasteiger partial charge in [-0.25, -0.2) is 13.8 Å². The summed E-state index contributed by atoms with van der Waals surface area (Å²) in [5.74, 6) is 0.644. The van der Waals surface area contributed by atoms with Crippen LogP contribution in [-0.4, -0.2) is 11.1 Å². The Morgan fingerprint density at radius 1 is 1.22 bits per heavy atom. The van der Waals surface area contributed by atoms with Gasteiger partial charge in [0, 0.05) is 5.39 Å². The number of aromatic nitrogens is 1. The molecule has 0 spiro atoms. The molecule has 0 amide bonds. The summed E-state index contributed by atoms with van der Waals surface area (Å²) < 4.78 is 30.7. The molecule has 1 heterocycles. The first-order chi connectivity index (χ1) is 8.47. The number of benzene rings is 1. The molecule has 0 saturated heterocycles. The van der Waals surface area contributed by atoms with Crippen molar-refractivity contribution in [3.8, 4) is 5.75 Å². The van der Waals surface area contributed by atoms with E-state index in [1.807, 2.05) is 13.8 Å². The van der Waals surface area contributed by atoms with Crippen LogP contribution in [0.15, 0.2) is 24.3 Å². The highest BCUT2D eigenvalue weighted by atomic mass is 35.5. The van der Waals surface area contributed by atoms with Gasteiger partial charge in [-0.05, 0) is 38.1 Å². The number of ether oxygens (including phenoxy) is 1. The summed E-state index contributed by atoms with van der Waals surface area (Å²) in [6.07, 6.45) is -2.59. The summed E-state index contributed by atoms with van der Waals surface area (Å²) in [4.78, 5) is 3.87. The van der Waals surface area contributed by atoms with Gasteiger partial charge in [-0.2, -0.15) is 0 Å². The second-order valence-electron chi connectivity index (χ2n) is 4.18. The summed E-state index contributed by atoms with van der Waals surface area (Å²) in [6.45, 7) is 3.81. The van der Waals surface area contributed by atoms with Crippen LogP contribution in [0.2, 0.25) is 5.02 Å². The van der Waals surface area contributed by atoms with Crippen LogP contribution in [0.4, 0.5) is 8.78 Å². The maximum absolute atomic E-state index is 12.6. The fraction of sp³-hybridized carbons (Fsp3) is 0.308. The van der Waals surface area contributed by atoms with Crippen molar-refractivity contribution in [2.75, 3.05) is 0 Å². The molecule has 0 unspecified atom stereocenters. The van der Waals surface area contributed by atoms with Crippen molar-refractivity contribution in [3.05, 3.63) is 35.0 Å². The van der Waals surface area contributed by atoms with E-state index in [4.69, 9.17) is 16.3 Å². The topological polar surface area (TPSA) is 22.1 Å². The van der Waals surface area contributed by atoms with Crippen LogP contribution in [0.25, 0.3) is 10.9 Å². The lowest BCUT2D eigenvalue weighted by Gasteiger charge is -2.11. The highest BCUT2D eigenvalue weighted by Crippen LogP contribution is 2.30. The van der Waals surface area contributed by atoms with Crippen molar-refractivity contribution in [2.24, 2.45) is 0 Å². The number of rotatable bonds is 3. The van der Waals surface area contributed by atoms with Crippen molar-refractivity contribution in [2.45, 2.75) is 26.4 Å². The van der Waals surface area contributed by atoms with Crippen LogP contribution in [0.5, 0.6) is 5.75 Å². The van der Waals surface area contributed by atoms with Gasteiger partial charge >= 0.3 is 0 Å². The van der Waals surface area contributed by atoms with Crippen LogP contribution >= 0.6 is 11.6 Å². The first-order valence-electron chi connectivity index (χ1n) is 5.52. The first kappa shape index (κ1) is 13.0. The van der Waals surface area contributed by atoms with Gasteiger partial charge in [0.15, 0.2) is 0 Å². The largest absolute Gasteiger partial charge is 0.491 e. The van der Waals surface area contributed by atoms with E-state index in [2.05, 4.69) is 4.98 Å². The number of hydrogen-bond donors (Lipinski definition) is 0. The smallest absolute Gasteiger partial charge is 0.280 e. The maximum Gasteiger partial charge on any atom is 0.280 e. The normalized spacial score (nSPS) is 11.5. The van der Waals surface area contributed by atoms with E-state index in [-0.39, 0.29) is 16.8 Å². The van der Waals surface area contributed by atoms with Crippen molar-refractivity contribution < 1.29 is 13.5 Å². The monoisotopic (exact) mass is 271 g/mol. The Hall–Kier alpha value is -1.42. The molecule has 2 rings (SSSR count). The fourth-order valence-corrected chi connectivity index (χ4v) is 1.90. The van der Waals surface area contributed by atoms with Gasteiger partial charge in [0.1, 0.15) is 11.4 Å². The van der Waals surface area contributed by atoms with E-state index in [0.29, 0.717) is 16.7 Å². The van der Waals surface area contributed by atoms with Crippen LogP contribution < -0.4 is 4.74 Å². The zero-order valence-electron chi connectivity index (χ0n) is 9.95. The predicted octanol–water partition coefficient (Wildman–Crippen LogP) is 4.61. The van der Waals surface area contributed by atoms with Crippen LogP contribution in [0.1, 0.15) is 26.0 Å². The van der Waals surface area contributed by atoms with Gasteiger partial charge in [0.25, 0.3) is 6.43 Å². The van der Waals surface area contributed by atoms with Crippen LogP contribution in [-0.2, 0) is 0 Å². The second-order valence-corrected chi connectivity index (χ2v) is 4.58. The van der Waals surface area contributed by atoms with Gasteiger partial charge in [0.05, 0.1) is 16.6 Å². The second kappa shape index (κ2) is 5.06. The van der Waals surface area contributed by atoms with E-state index >= 15 is 0 Å². The molecule has 0 aliphatic heterocycles. The zero-order valence-corrected chi connectivity index (χ0v) is 10.7. The molecule has 18 heavy (non-hydrogen) atoms. The number of alkyl halides is 2. The maximum atomic E-state index is 12.6. The number of fused-ring (bicyclic) bond motifs is 1. The van der Waals surface area contributed by atoms with Gasteiger partial charge in [-0.1, -0.05) is 11.6 Å². The highest BCUT2D eigenvalue weighted by Gasteiger charge is 2.13. The summed E-state index contributed by atoms with van der Waals surface area (Å²) in [5, 5.41) is 0.865. The first-order valence-corrected chi connectivity index (χ1v) is 5.90. The summed E-state index contributed by atoms with van der Waals surface area (Å²) >= 11 is 5.99. The van der Waals surface area contributed by atoms with E-state index < -0.39 is 6.43 Å². The summed E-state index contributed by atoms with van der Waals surface area (Å²) in [7, 11) is 0. The van der Waals surface area contributed by atoms with Crippen molar-refractivity contribution >= 4 is 22.5 Å². The molecule has 96 valence electrons. The van der Waals surface area contributed by atoms with Gasteiger partial charge in [0.2, 0.25) is 0 Å². The van der Waals surface area contributed by atoms with E-state index in [1.165, 1.54) is 6.07 Å². The lowest BCUT2D eigenvalue weighted by Crippen LogP contribution is -2.05. The van der Waals surface area contributed by atoms with Crippen LogP contribution in [0, 0.1) is 0 Å². The summed E-state index contributed by atoms with van der Waals surface area (Å²) in [6, 6.07) is 6.22. The molecule has 0 bridgehead atoms. The Morgan fingerprint density at radius 2 is 1.94 bits per heavy atom. The molecular weight excluding hydrogens is 260 g/mol. The lowest BCUT2D eigenvalue weighted by molar-refractivity contribution is 0.146. The summed E-state index contributed by atoms with van der Waals surface area (Å²) in [5.41, 5.74) is 0.124. The predicted molar refractivity (Wildman–Crippen MR) is 67.5 cm³/mol. The quantitative estimate of drug-likeness (QED) is 0.813. The molecule has 0 atom stereocenters. The number of nitrogens with zero attached hydrogens (tertiary/aromatic N) is 1. The Morgan fingerprint density at radius 3 is 2.56 bits per heavy atom. The number of hydrogen-bond acceptors (Lipinski definition) is 2. The van der Waals surface area contributed by atoms with Gasteiger partial charge < -0.3 is 4.74 Å². The average Bonchev–Trinajstić information content (AvgIpc) is 2.28. The van der Waals surface area contributed by atoms with Gasteiger partial charge in [-0.15, -0.1) is 0 Å². The molecule has 2 nitrogen and oxygen atoms in total. The molecule has 0 saturated carbocycles. The minimum atomic E-state index is -2.63. The number of halogens is 3. The third kappa shape index (κ3) is 2.70. The van der Waals surface area contributed by atoms with Crippen LogP contribution in [0.3, 0.4) is 0 Å². The molecule has 0 aliphatic rings. The van der Waals surface area contributed by atoms with E-state index in [9.17, 15) is 8.78 Å². The Labute approximate surface area is 109 Å². The molecule has 0 fully saturated rings. The molecular formula is C13H12ClF2NO.